The van der Waals surface area contributed by atoms with Gasteiger partial charge in [-0.15, -0.1) is 0 Å². The Morgan fingerprint density at radius 3 is 2.20 bits per heavy atom. The summed E-state index contributed by atoms with van der Waals surface area (Å²) < 4.78 is 0. The Morgan fingerprint density at radius 2 is 1.67 bits per heavy atom. The van der Waals surface area contributed by atoms with E-state index in [1.807, 2.05) is 0 Å². The van der Waals surface area contributed by atoms with Crippen molar-refractivity contribution in [3.05, 3.63) is 32.8 Å². The molecule has 3 nitrogen and oxygen atoms in total. The van der Waals surface area contributed by atoms with Gasteiger partial charge in [-0.05, 0) is 12.1 Å². The zero-order valence-corrected chi connectivity index (χ0v) is 9.55. The summed E-state index contributed by atoms with van der Waals surface area (Å²) in [6, 6.07) is 4.37. The van der Waals surface area contributed by atoms with Crippen LogP contribution >= 0.6 is 34.8 Å². The number of benzene rings is 1. The molecular weight excluding hydrogens is 260 g/mol. The SMILES string of the molecule is N#CC(O)C(O)c1c(Cl)ccc(Cl)c1Cl. The lowest BCUT2D eigenvalue weighted by Gasteiger charge is -2.15. The molecule has 0 aliphatic rings. The topological polar surface area (TPSA) is 64.2 Å². The highest BCUT2D eigenvalue weighted by Crippen LogP contribution is 2.36. The molecule has 15 heavy (non-hydrogen) atoms. The van der Waals surface area contributed by atoms with Gasteiger partial charge in [-0.25, -0.2) is 0 Å². The minimum Gasteiger partial charge on any atom is -0.384 e. The highest BCUT2D eigenvalue weighted by atomic mass is 35.5. The van der Waals surface area contributed by atoms with Crippen molar-refractivity contribution in [3.8, 4) is 6.07 Å². The molecule has 0 saturated heterocycles. The van der Waals surface area contributed by atoms with Gasteiger partial charge in [-0.2, -0.15) is 5.26 Å². The molecule has 0 saturated carbocycles. The van der Waals surface area contributed by atoms with Gasteiger partial charge >= 0.3 is 0 Å². The first-order valence-corrected chi connectivity index (χ1v) is 5.01. The second-order valence-corrected chi connectivity index (χ2v) is 3.97. The van der Waals surface area contributed by atoms with E-state index in [-0.39, 0.29) is 20.6 Å². The Balaban J connectivity index is 3.25. The Hall–Kier alpha value is -0.500. The minimum atomic E-state index is -1.60. The summed E-state index contributed by atoms with van der Waals surface area (Å²) in [6.45, 7) is 0. The molecule has 0 aromatic heterocycles. The summed E-state index contributed by atoms with van der Waals surface area (Å²) in [5.41, 5.74) is 0.0554. The highest BCUT2D eigenvalue weighted by Gasteiger charge is 2.24. The van der Waals surface area contributed by atoms with Crippen molar-refractivity contribution in [1.29, 1.82) is 5.26 Å². The van der Waals surface area contributed by atoms with Crippen LogP contribution in [0.15, 0.2) is 12.1 Å². The normalized spacial score (nSPS) is 14.4. The number of hydrogen-bond donors (Lipinski definition) is 2. The fraction of sp³-hybridized carbons (Fsp3) is 0.222. The van der Waals surface area contributed by atoms with Crippen LogP contribution in [0.5, 0.6) is 0 Å². The van der Waals surface area contributed by atoms with Gasteiger partial charge in [0.05, 0.1) is 16.1 Å². The summed E-state index contributed by atoms with van der Waals surface area (Å²) in [4.78, 5) is 0. The number of nitriles is 1. The Bertz CT molecular complexity index is 417. The lowest BCUT2D eigenvalue weighted by Crippen LogP contribution is -2.16. The van der Waals surface area contributed by atoms with Crippen molar-refractivity contribution in [2.24, 2.45) is 0 Å². The van der Waals surface area contributed by atoms with Crippen LogP contribution in [0.2, 0.25) is 15.1 Å². The van der Waals surface area contributed by atoms with Crippen LogP contribution in [0, 0.1) is 11.3 Å². The van der Waals surface area contributed by atoms with Crippen LogP contribution in [0.3, 0.4) is 0 Å². The van der Waals surface area contributed by atoms with E-state index in [1.54, 1.807) is 0 Å². The molecule has 0 aliphatic carbocycles. The molecule has 2 atom stereocenters. The Labute approximate surface area is 101 Å². The number of aliphatic hydroxyl groups is 2. The maximum atomic E-state index is 9.58. The van der Waals surface area contributed by atoms with Gasteiger partial charge in [0.15, 0.2) is 6.10 Å². The first-order valence-electron chi connectivity index (χ1n) is 3.88. The average Bonchev–Trinajstić information content (AvgIpc) is 2.22. The van der Waals surface area contributed by atoms with Gasteiger partial charge in [0.1, 0.15) is 6.10 Å². The Kier molecular flexibility index (Phi) is 4.21. The summed E-state index contributed by atoms with van der Waals surface area (Å²) in [6.07, 6.45) is -3.08. The van der Waals surface area contributed by atoms with Crippen LogP contribution in [0.25, 0.3) is 0 Å². The fourth-order valence-electron chi connectivity index (χ4n) is 1.04. The summed E-state index contributed by atoms with van der Waals surface area (Å²) >= 11 is 17.3. The zero-order valence-electron chi connectivity index (χ0n) is 7.28. The van der Waals surface area contributed by atoms with Gasteiger partial charge in [0.25, 0.3) is 0 Å². The molecular formula is C9H6Cl3NO2. The molecule has 0 aliphatic heterocycles. The maximum Gasteiger partial charge on any atom is 0.170 e. The molecule has 0 heterocycles. The predicted octanol–water partition coefficient (Wildman–Crippen LogP) is 2.56. The molecule has 0 spiro atoms. The van der Waals surface area contributed by atoms with E-state index in [1.165, 1.54) is 18.2 Å². The Morgan fingerprint density at radius 1 is 1.13 bits per heavy atom. The first kappa shape index (κ1) is 12.6. The maximum absolute atomic E-state index is 9.58. The van der Waals surface area contributed by atoms with Crippen LogP contribution in [-0.4, -0.2) is 16.3 Å². The lowest BCUT2D eigenvalue weighted by atomic mass is 10.1. The predicted molar refractivity (Wildman–Crippen MR) is 58.1 cm³/mol. The molecule has 6 heteroatoms. The smallest absolute Gasteiger partial charge is 0.170 e. The summed E-state index contributed by atoms with van der Waals surface area (Å²) in [7, 11) is 0. The summed E-state index contributed by atoms with van der Waals surface area (Å²) in [5.74, 6) is 0. The first-order chi connectivity index (χ1) is 6.99. The molecule has 1 aromatic carbocycles. The molecule has 2 N–H and O–H groups in total. The number of halogens is 3. The number of rotatable bonds is 2. The van der Waals surface area contributed by atoms with Crippen molar-refractivity contribution in [2.75, 3.05) is 0 Å². The monoisotopic (exact) mass is 265 g/mol. The zero-order chi connectivity index (χ0) is 11.6. The van der Waals surface area contributed by atoms with Crippen molar-refractivity contribution in [3.63, 3.8) is 0 Å². The van der Waals surface area contributed by atoms with Gasteiger partial charge in [0.2, 0.25) is 0 Å². The number of nitrogens with zero attached hydrogens (tertiary/aromatic N) is 1. The number of aliphatic hydroxyl groups excluding tert-OH is 2. The molecule has 0 bridgehead atoms. The third-order valence-corrected chi connectivity index (χ3v) is 2.96. The molecule has 1 rings (SSSR count). The van der Waals surface area contributed by atoms with Crippen LogP contribution in [-0.2, 0) is 0 Å². The van der Waals surface area contributed by atoms with Gasteiger partial charge in [0, 0.05) is 10.6 Å². The molecule has 80 valence electrons. The average molecular weight is 267 g/mol. The second kappa shape index (κ2) is 5.02. The minimum absolute atomic E-state index is 0.0333. The third-order valence-electron chi connectivity index (χ3n) is 1.81. The van der Waals surface area contributed by atoms with Crippen molar-refractivity contribution >= 4 is 34.8 Å². The van der Waals surface area contributed by atoms with E-state index in [0.717, 1.165) is 0 Å². The highest BCUT2D eigenvalue weighted by molar-refractivity contribution is 6.44. The number of hydrogen-bond acceptors (Lipinski definition) is 3. The third kappa shape index (κ3) is 2.54. The van der Waals surface area contributed by atoms with Gasteiger partial charge in [-0.3, -0.25) is 0 Å². The van der Waals surface area contributed by atoms with E-state index >= 15 is 0 Å². The molecule has 2 unspecified atom stereocenters. The van der Waals surface area contributed by atoms with Crippen LogP contribution < -0.4 is 0 Å². The van der Waals surface area contributed by atoms with E-state index < -0.39 is 12.2 Å². The molecule has 0 amide bonds. The van der Waals surface area contributed by atoms with E-state index in [9.17, 15) is 5.11 Å². The molecule has 0 fully saturated rings. The standard InChI is InChI=1S/C9H6Cl3NO2/c10-4-1-2-5(11)8(12)7(4)9(15)6(14)3-13/h1-2,6,9,14-15H. The quantitative estimate of drug-likeness (QED) is 0.639. The van der Waals surface area contributed by atoms with Crippen molar-refractivity contribution < 1.29 is 10.2 Å². The lowest BCUT2D eigenvalue weighted by molar-refractivity contribution is 0.0529. The van der Waals surface area contributed by atoms with Crippen LogP contribution in [0.1, 0.15) is 11.7 Å². The van der Waals surface area contributed by atoms with Crippen LogP contribution in [0.4, 0.5) is 0 Å². The summed E-state index contributed by atoms with van der Waals surface area (Å²) in [5, 5.41) is 27.5. The molecule has 0 radical (unpaired) electrons. The molecule has 1 aromatic rings. The van der Waals surface area contributed by atoms with Gasteiger partial charge in [-0.1, -0.05) is 34.8 Å². The van der Waals surface area contributed by atoms with E-state index in [0.29, 0.717) is 0 Å². The largest absolute Gasteiger partial charge is 0.384 e. The fourth-order valence-corrected chi connectivity index (χ4v) is 1.80. The van der Waals surface area contributed by atoms with E-state index in [4.69, 9.17) is 45.2 Å². The van der Waals surface area contributed by atoms with Crippen molar-refractivity contribution in [1.82, 2.24) is 0 Å². The van der Waals surface area contributed by atoms with E-state index in [2.05, 4.69) is 0 Å². The van der Waals surface area contributed by atoms with Gasteiger partial charge < -0.3 is 10.2 Å². The van der Waals surface area contributed by atoms with Crippen molar-refractivity contribution in [2.45, 2.75) is 12.2 Å². The second-order valence-electron chi connectivity index (χ2n) is 2.78.